The highest BCUT2D eigenvalue weighted by molar-refractivity contribution is 6.89. The summed E-state index contributed by atoms with van der Waals surface area (Å²) in [6, 6.07) is 46.8. The van der Waals surface area contributed by atoms with E-state index in [1.54, 1.807) is 0 Å². The summed E-state index contributed by atoms with van der Waals surface area (Å²) in [5.74, 6) is 1.02. The minimum absolute atomic E-state index is 0.0668. The molecule has 54 heavy (non-hydrogen) atoms. The third-order valence-electron chi connectivity index (χ3n) is 9.89. The zero-order chi connectivity index (χ0) is 40.9. The van der Waals surface area contributed by atoms with Crippen molar-refractivity contribution in [3.8, 4) is 67.5 Å². The molecule has 8 aromatic rings. The second-order valence-electron chi connectivity index (χ2n) is 15.9. The number of nitrogens with zero attached hydrogens (tertiary/aromatic N) is 3. The third-order valence-corrected chi connectivity index (χ3v) is 14.0. The minimum atomic E-state index is -1.69. The Kier molecular flexibility index (Phi) is 8.09. The first-order valence-electron chi connectivity index (χ1n) is 20.4. The number of fused-ring (bicyclic) bond motifs is 1. The van der Waals surface area contributed by atoms with Gasteiger partial charge in [-0.25, -0.2) is 15.0 Å². The topological polar surface area (TPSA) is 38.7 Å². The van der Waals surface area contributed by atoms with Crippen molar-refractivity contribution in [2.75, 3.05) is 0 Å². The van der Waals surface area contributed by atoms with Crippen molar-refractivity contribution >= 4 is 37.3 Å². The first-order valence-corrected chi connectivity index (χ1v) is 25.4. The Morgan fingerprint density at radius 2 is 0.796 bits per heavy atom. The average molecular weight is 736 g/mol. The van der Waals surface area contributed by atoms with Crippen molar-refractivity contribution in [3.05, 3.63) is 164 Å². The van der Waals surface area contributed by atoms with Crippen molar-refractivity contribution in [1.29, 1.82) is 0 Å². The first kappa shape index (κ1) is 30.7. The molecule has 264 valence electrons. The van der Waals surface area contributed by atoms with Crippen LogP contribution in [-0.4, -0.2) is 31.1 Å². The Morgan fingerprint density at radius 1 is 0.370 bits per heavy atom. The van der Waals surface area contributed by atoms with Crippen molar-refractivity contribution in [1.82, 2.24) is 15.0 Å². The van der Waals surface area contributed by atoms with E-state index in [0.29, 0.717) is 17.2 Å². The van der Waals surface area contributed by atoms with Crippen molar-refractivity contribution in [2.45, 2.75) is 39.3 Å². The molecule has 1 aromatic heterocycles. The molecule has 0 spiro atoms. The normalized spacial score (nSPS) is 12.9. The van der Waals surface area contributed by atoms with Gasteiger partial charge in [0, 0.05) is 16.7 Å². The van der Waals surface area contributed by atoms with Crippen molar-refractivity contribution in [2.24, 2.45) is 0 Å². The highest BCUT2D eigenvalue weighted by atomic mass is 28.3. The van der Waals surface area contributed by atoms with Gasteiger partial charge in [0.2, 0.25) is 0 Å². The van der Waals surface area contributed by atoms with Crippen LogP contribution >= 0.6 is 0 Å². The fourth-order valence-electron chi connectivity index (χ4n) is 6.70. The summed E-state index contributed by atoms with van der Waals surface area (Å²) in [6.45, 7) is 13.8. The van der Waals surface area contributed by atoms with Crippen LogP contribution in [0.2, 0.25) is 39.3 Å². The zero-order valence-corrected chi connectivity index (χ0v) is 33.6. The van der Waals surface area contributed by atoms with Gasteiger partial charge in [0.1, 0.15) is 0 Å². The van der Waals surface area contributed by atoms with Gasteiger partial charge >= 0.3 is 0 Å². The van der Waals surface area contributed by atoms with Gasteiger partial charge < -0.3 is 0 Å². The van der Waals surface area contributed by atoms with E-state index in [0.717, 1.165) is 33.4 Å². The molecule has 8 rings (SSSR count). The van der Waals surface area contributed by atoms with Crippen LogP contribution in [0.15, 0.2) is 164 Å². The molecule has 7 aromatic carbocycles. The van der Waals surface area contributed by atoms with E-state index < -0.39 is 16.1 Å². The van der Waals surface area contributed by atoms with Gasteiger partial charge in [0.25, 0.3) is 0 Å². The molecule has 1 heterocycles. The Bertz CT molecular complexity index is 2800. The van der Waals surface area contributed by atoms with Crippen molar-refractivity contribution < 1.29 is 5.48 Å². The van der Waals surface area contributed by atoms with Gasteiger partial charge in [-0.05, 0) is 68.4 Å². The van der Waals surface area contributed by atoms with Gasteiger partial charge in [0.15, 0.2) is 17.5 Å². The van der Waals surface area contributed by atoms with Crippen LogP contribution in [0.5, 0.6) is 0 Å². The Labute approximate surface area is 327 Å². The maximum absolute atomic E-state index is 9.66. The molecule has 0 N–H and O–H groups in total. The smallest absolute Gasteiger partial charge is 0.164 e. The fourth-order valence-corrected chi connectivity index (χ4v) is 9.07. The maximum atomic E-state index is 9.66. The molecule has 0 unspecified atom stereocenters. The SMILES string of the molecule is [2H]c1c([2H])c(-c2cccc(-c3cccc(-c4ccc5ccccc5c4)c3)c2)c([2H])c(-c2nc(-c3cccc([Si](C)(C)C)c3)nc(-c3cccc([Si](C)(C)C)c3)n2)c1[2H]. The van der Waals surface area contributed by atoms with Crippen LogP contribution in [0, 0.1) is 0 Å². The monoisotopic (exact) mass is 735 g/mol. The predicted molar refractivity (Wildman–Crippen MR) is 236 cm³/mol. The second kappa shape index (κ2) is 14.2. The lowest BCUT2D eigenvalue weighted by Gasteiger charge is -2.18. The van der Waals surface area contributed by atoms with Crippen LogP contribution in [0.3, 0.4) is 0 Å². The number of aromatic nitrogens is 3. The summed E-state index contributed by atoms with van der Waals surface area (Å²) < 4.78 is 37.0. The summed E-state index contributed by atoms with van der Waals surface area (Å²) in [5.41, 5.74) is 6.72. The zero-order valence-electron chi connectivity index (χ0n) is 35.6. The van der Waals surface area contributed by atoms with Crippen molar-refractivity contribution in [3.63, 3.8) is 0 Å². The Hall–Kier alpha value is -5.76. The molecular weight excluding hydrogens is 687 g/mol. The predicted octanol–water partition coefficient (Wildman–Crippen LogP) is 12.1. The maximum Gasteiger partial charge on any atom is 0.164 e. The van der Waals surface area contributed by atoms with E-state index in [9.17, 15) is 2.74 Å². The molecule has 0 aliphatic carbocycles. The standard InChI is InChI=1S/C49H45N3Si2/c1-53(2,3)45-24-12-22-43(32-45)48-50-47(51-49(52-48)44-23-13-25-46(33-44)54(4,5)6)42-21-11-20-40(31-42)38-18-9-16-36(29-38)37-17-10-19-39(30-37)41-27-26-34-14-7-8-15-35(34)28-41/h7-33H,1-6H3/i11D,20D,21D,31D. The molecule has 0 saturated carbocycles. The molecule has 0 amide bonds. The van der Waals surface area contributed by atoms with E-state index in [1.807, 2.05) is 60.7 Å². The summed E-state index contributed by atoms with van der Waals surface area (Å²) in [4.78, 5) is 14.9. The lowest BCUT2D eigenvalue weighted by Crippen LogP contribution is -2.37. The molecule has 0 fully saturated rings. The highest BCUT2D eigenvalue weighted by Gasteiger charge is 2.20. The van der Waals surface area contributed by atoms with E-state index in [2.05, 4.69) is 118 Å². The summed E-state index contributed by atoms with van der Waals surface area (Å²) in [6.07, 6.45) is 0. The van der Waals surface area contributed by atoms with Gasteiger partial charge in [-0.2, -0.15) is 0 Å². The van der Waals surface area contributed by atoms with Crippen LogP contribution < -0.4 is 10.4 Å². The van der Waals surface area contributed by atoms with E-state index >= 15 is 0 Å². The molecule has 0 bridgehead atoms. The van der Waals surface area contributed by atoms with Gasteiger partial charge in [-0.3, -0.25) is 0 Å². The lowest BCUT2D eigenvalue weighted by molar-refractivity contribution is 1.07. The van der Waals surface area contributed by atoms with Crippen LogP contribution in [-0.2, 0) is 0 Å². The highest BCUT2D eigenvalue weighted by Crippen LogP contribution is 2.33. The van der Waals surface area contributed by atoms with E-state index in [1.165, 1.54) is 21.1 Å². The molecule has 0 aliphatic rings. The average Bonchev–Trinajstić information content (AvgIpc) is 3.22. The summed E-state index contributed by atoms with van der Waals surface area (Å²) >= 11 is 0. The third kappa shape index (κ3) is 7.51. The second-order valence-corrected chi connectivity index (χ2v) is 26.1. The Morgan fingerprint density at radius 3 is 1.33 bits per heavy atom. The lowest BCUT2D eigenvalue weighted by atomic mass is 9.95. The molecule has 0 saturated heterocycles. The molecule has 5 heteroatoms. The first-order chi connectivity index (χ1) is 27.7. The largest absolute Gasteiger partial charge is 0.208 e. The number of hydrogen-bond donors (Lipinski definition) is 0. The molecule has 0 radical (unpaired) electrons. The number of rotatable bonds is 8. The van der Waals surface area contributed by atoms with E-state index in [-0.39, 0.29) is 41.1 Å². The molecule has 0 atom stereocenters. The summed E-state index contributed by atoms with van der Waals surface area (Å²) in [7, 11) is -3.38. The van der Waals surface area contributed by atoms with Gasteiger partial charge in [-0.15, -0.1) is 0 Å². The summed E-state index contributed by atoms with van der Waals surface area (Å²) in [5, 5.41) is 4.88. The van der Waals surface area contributed by atoms with Gasteiger partial charge in [0.05, 0.1) is 21.6 Å². The van der Waals surface area contributed by atoms with Crippen LogP contribution in [0.1, 0.15) is 5.48 Å². The fraction of sp³-hybridized carbons (Fsp3) is 0.122. The Balaban J connectivity index is 1.28. The minimum Gasteiger partial charge on any atom is -0.208 e. The van der Waals surface area contributed by atoms with Gasteiger partial charge in [-0.1, -0.05) is 189 Å². The number of hydrogen-bond acceptors (Lipinski definition) is 3. The number of benzene rings is 7. The van der Waals surface area contributed by atoms with Crippen LogP contribution in [0.4, 0.5) is 0 Å². The quantitative estimate of drug-likeness (QED) is 0.146. The molecular formula is C49H45N3Si2. The van der Waals surface area contributed by atoms with Crippen LogP contribution in [0.25, 0.3) is 78.3 Å². The molecule has 0 aliphatic heterocycles. The van der Waals surface area contributed by atoms with E-state index in [4.69, 9.17) is 17.7 Å². The molecule has 3 nitrogen and oxygen atoms in total.